The van der Waals surface area contributed by atoms with Crippen LogP contribution in [-0.2, 0) is 33.4 Å². The van der Waals surface area contributed by atoms with Crippen molar-refractivity contribution in [3.05, 3.63) is 71.8 Å². The third kappa shape index (κ3) is 7.10. The molecule has 0 aliphatic carbocycles. The first-order chi connectivity index (χ1) is 16.5. The van der Waals surface area contributed by atoms with E-state index in [1.54, 1.807) is 6.07 Å². The maximum Gasteiger partial charge on any atom is 0.353 e. The third-order valence-electron chi connectivity index (χ3n) is 4.26. The largest absolute Gasteiger partial charge is 0.479 e. The van der Waals surface area contributed by atoms with E-state index >= 15 is 0 Å². The van der Waals surface area contributed by atoms with Crippen LogP contribution in [0.25, 0.3) is 0 Å². The van der Waals surface area contributed by atoms with Gasteiger partial charge in [-0.05, 0) is 24.3 Å². The van der Waals surface area contributed by atoms with Crippen LogP contribution in [0.3, 0.4) is 0 Å². The summed E-state index contributed by atoms with van der Waals surface area (Å²) < 4.78 is 14.2. The number of ether oxygens (including phenoxy) is 3. The van der Waals surface area contributed by atoms with Crippen molar-refractivity contribution in [1.29, 1.82) is 0 Å². The number of aliphatic hydroxyl groups excluding tert-OH is 1. The molecule has 184 valence electrons. The summed E-state index contributed by atoms with van der Waals surface area (Å²) in [5, 5.41) is 37.0. The smallest absolute Gasteiger partial charge is 0.353 e. The van der Waals surface area contributed by atoms with Crippen molar-refractivity contribution < 1.29 is 63.4 Å². The highest BCUT2D eigenvalue weighted by Crippen LogP contribution is 2.16. The molecule has 0 bridgehead atoms. The summed E-state index contributed by atoms with van der Waals surface area (Å²) >= 11 is 0. The highest BCUT2D eigenvalue weighted by Gasteiger charge is 2.45. The Kier molecular flexibility index (Phi) is 9.00. The van der Waals surface area contributed by atoms with Gasteiger partial charge in [-0.15, -0.1) is 0 Å². The summed E-state index contributed by atoms with van der Waals surface area (Å²) in [6.45, 7) is 0. The van der Waals surface area contributed by atoms with Gasteiger partial charge in [-0.2, -0.15) is 0 Å². The molecule has 4 unspecified atom stereocenters. The number of carbonyl (C=O) groups is 6. The second-order valence-corrected chi connectivity index (χ2v) is 6.70. The van der Waals surface area contributed by atoms with Crippen LogP contribution in [0.15, 0.2) is 60.7 Å². The summed E-state index contributed by atoms with van der Waals surface area (Å²) in [5.41, 5.74) is -0.297. The molecule has 2 aromatic rings. The van der Waals surface area contributed by atoms with Crippen LogP contribution in [0.1, 0.15) is 20.7 Å². The number of aliphatic carboxylic acids is 3. The van der Waals surface area contributed by atoms with Gasteiger partial charge in [0, 0.05) is 0 Å². The molecule has 13 nitrogen and oxygen atoms in total. The molecule has 0 aliphatic rings. The van der Waals surface area contributed by atoms with E-state index in [0.717, 1.165) is 0 Å². The molecule has 13 heteroatoms. The Morgan fingerprint density at radius 1 is 0.543 bits per heavy atom. The van der Waals surface area contributed by atoms with Crippen LogP contribution in [0, 0.1) is 0 Å². The Balaban J connectivity index is 2.41. The van der Waals surface area contributed by atoms with Crippen LogP contribution in [-0.4, -0.2) is 80.7 Å². The minimum atomic E-state index is -2.75. The first kappa shape index (κ1) is 26.5. The van der Waals surface area contributed by atoms with Gasteiger partial charge < -0.3 is 34.6 Å². The first-order valence-electron chi connectivity index (χ1n) is 9.62. The van der Waals surface area contributed by atoms with Crippen molar-refractivity contribution in [1.82, 2.24) is 0 Å². The third-order valence-corrected chi connectivity index (χ3v) is 4.26. The highest BCUT2D eigenvalue weighted by molar-refractivity contribution is 5.96. The first-order valence-corrected chi connectivity index (χ1v) is 9.62. The topological polar surface area (TPSA) is 211 Å². The lowest BCUT2D eigenvalue weighted by Crippen LogP contribution is -2.50. The van der Waals surface area contributed by atoms with Gasteiger partial charge in [-0.25, -0.2) is 28.8 Å². The number of rotatable bonds is 11. The van der Waals surface area contributed by atoms with E-state index in [1.165, 1.54) is 54.6 Å². The van der Waals surface area contributed by atoms with Crippen LogP contribution < -0.4 is 0 Å². The average Bonchev–Trinajstić information content (AvgIpc) is 2.84. The quantitative estimate of drug-likeness (QED) is 0.241. The molecule has 35 heavy (non-hydrogen) atoms. The van der Waals surface area contributed by atoms with E-state index in [-0.39, 0.29) is 11.1 Å². The van der Waals surface area contributed by atoms with Gasteiger partial charge >= 0.3 is 35.8 Å². The molecule has 0 radical (unpaired) electrons. The Morgan fingerprint density at radius 2 is 0.943 bits per heavy atom. The molecule has 0 aromatic heterocycles. The molecule has 0 saturated carbocycles. The van der Waals surface area contributed by atoms with Crippen molar-refractivity contribution in [2.45, 2.75) is 24.4 Å². The summed E-state index contributed by atoms with van der Waals surface area (Å²) in [6, 6.07) is 13.8. The maximum atomic E-state index is 12.7. The number of carboxylic acid groups (broad SMARTS) is 3. The molecule has 0 spiro atoms. The van der Waals surface area contributed by atoms with E-state index in [9.17, 15) is 39.0 Å². The van der Waals surface area contributed by atoms with Gasteiger partial charge in [0.05, 0.1) is 11.1 Å². The van der Waals surface area contributed by atoms with Gasteiger partial charge in [-0.1, -0.05) is 36.4 Å². The predicted octanol–water partition coefficient (Wildman–Crippen LogP) is -0.0359. The number of carboxylic acids is 3. The van der Waals surface area contributed by atoms with E-state index < -0.39 is 60.2 Å². The zero-order chi connectivity index (χ0) is 26.1. The number of carbonyl (C=O) groups excluding carboxylic acids is 3. The van der Waals surface area contributed by atoms with Gasteiger partial charge in [0.1, 0.15) is 0 Å². The second-order valence-electron chi connectivity index (χ2n) is 6.70. The molecular formula is C22H18O13. The number of esters is 3. The molecule has 0 heterocycles. The monoisotopic (exact) mass is 490 g/mol. The highest BCUT2D eigenvalue weighted by atomic mass is 16.6. The van der Waals surface area contributed by atoms with Crippen molar-refractivity contribution in [3.63, 3.8) is 0 Å². The van der Waals surface area contributed by atoms with E-state index in [4.69, 9.17) is 19.7 Å². The molecule has 2 rings (SSSR count). The van der Waals surface area contributed by atoms with Crippen LogP contribution in [0.2, 0.25) is 0 Å². The zero-order valence-electron chi connectivity index (χ0n) is 17.5. The predicted molar refractivity (Wildman–Crippen MR) is 110 cm³/mol. The summed E-state index contributed by atoms with van der Waals surface area (Å²) in [6.07, 6.45) is -10.6. The second kappa shape index (κ2) is 11.9. The number of benzene rings is 2. The van der Waals surface area contributed by atoms with Crippen molar-refractivity contribution in [3.8, 4) is 0 Å². The number of hydrogen-bond acceptors (Lipinski definition) is 10. The van der Waals surface area contributed by atoms with E-state index in [0.29, 0.717) is 0 Å². The molecule has 0 amide bonds. The van der Waals surface area contributed by atoms with Gasteiger partial charge in [0.15, 0.2) is 6.10 Å². The van der Waals surface area contributed by atoms with Crippen molar-refractivity contribution >= 4 is 35.8 Å². The fourth-order valence-electron chi connectivity index (χ4n) is 2.56. The fourth-order valence-corrected chi connectivity index (χ4v) is 2.56. The SMILES string of the molecule is O=C(OC(C(=O)O)C(OC(=O)c1ccccc1)C(=O)OC(C(=O)O)C(O)C(=O)O)c1ccccc1. The average molecular weight is 490 g/mol. The molecule has 0 aliphatic heterocycles. The summed E-state index contributed by atoms with van der Waals surface area (Å²) in [4.78, 5) is 71.7. The Labute approximate surface area is 196 Å². The molecule has 0 saturated heterocycles. The molecule has 2 aromatic carbocycles. The summed E-state index contributed by atoms with van der Waals surface area (Å²) in [7, 11) is 0. The van der Waals surface area contributed by atoms with E-state index in [1.807, 2.05) is 0 Å². The molecule has 0 fully saturated rings. The standard InChI is InChI=1S/C22H18O13/c23-13(17(24)25)14(18(26)27)33-22(32)16(35-21(31)12-9-5-2-6-10-12)15(19(28)29)34-20(30)11-7-3-1-4-8-11/h1-10,13-16,23H,(H,24,25)(H,26,27)(H,28,29). The minimum absolute atomic E-state index is 0.134. The Bertz CT molecular complexity index is 1100. The van der Waals surface area contributed by atoms with Crippen LogP contribution in [0.5, 0.6) is 0 Å². The fraction of sp³-hybridized carbons (Fsp3) is 0.182. The Morgan fingerprint density at radius 3 is 1.31 bits per heavy atom. The normalized spacial score (nSPS) is 13.9. The van der Waals surface area contributed by atoms with Crippen molar-refractivity contribution in [2.75, 3.05) is 0 Å². The number of hydrogen-bond donors (Lipinski definition) is 4. The minimum Gasteiger partial charge on any atom is -0.479 e. The van der Waals surface area contributed by atoms with Gasteiger partial charge in [0.25, 0.3) is 0 Å². The van der Waals surface area contributed by atoms with Crippen molar-refractivity contribution in [2.24, 2.45) is 0 Å². The molecule has 4 N–H and O–H groups in total. The van der Waals surface area contributed by atoms with Crippen LogP contribution >= 0.6 is 0 Å². The number of aliphatic hydroxyl groups is 1. The maximum absolute atomic E-state index is 12.7. The summed E-state index contributed by atoms with van der Waals surface area (Å²) in [5.74, 6) is -10.6. The zero-order valence-corrected chi connectivity index (χ0v) is 17.5. The lowest BCUT2D eigenvalue weighted by atomic mass is 10.1. The van der Waals surface area contributed by atoms with Gasteiger partial charge in [0.2, 0.25) is 18.3 Å². The Hall–Kier alpha value is -4.78. The van der Waals surface area contributed by atoms with E-state index in [2.05, 4.69) is 4.74 Å². The van der Waals surface area contributed by atoms with Crippen LogP contribution in [0.4, 0.5) is 0 Å². The molecule has 4 atom stereocenters. The lowest BCUT2D eigenvalue weighted by molar-refractivity contribution is -0.188. The van der Waals surface area contributed by atoms with Gasteiger partial charge in [-0.3, -0.25) is 0 Å². The lowest BCUT2D eigenvalue weighted by Gasteiger charge is -2.25. The molecular weight excluding hydrogens is 472 g/mol.